The SMILES string of the molecule is C.Cc1cncc2ccc(CC(=O)[C@@H]3CC3c3ccc(S(=O)(=O)Cc4cnccn4)cc3)cc12. The van der Waals surface area contributed by atoms with Gasteiger partial charge in [-0.2, -0.15) is 0 Å². The van der Waals surface area contributed by atoms with Gasteiger partial charge in [0.1, 0.15) is 5.78 Å². The van der Waals surface area contributed by atoms with Gasteiger partial charge in [0.25, 0.3) is 0 Å². The minimum Gasteiger partial charge on any atom is -0.299 e. The van der Waals surface area contributed by atoms with Crippen LogP contribution >= 0.6 is 0 Å². The number of rotatable bonds is 7. The van der Waals surface area contributed by atoms with Crippen LogP contribution in [0.15, 0.2) is 78.3 Å². The first-order chi connectivity index (χ1) is 15.9. The molecular formula is C27H27N3O3S. The molecule has 4 aromatic rings. The quantitative estimate of drug-likeness (QED) is 0.381. The Bertz CT molecular complexity index is 1440. The first-order valence-electron chi connectivity index (χ1n) is 10.8. The van der Waals surface area contributed by atoms with E-state index >= 15 is 0 Å². The Hall–Kier alpha value is -3.45. The minimum atomic E-state index is -3.50. The normalized spacial score (nSPS) is 17.2. The van der Waals surface area contributed by atoms with Gasteiger partial charge in [0.15, 0.2) is 9.84 Å². The molecular weight excluding hydrogens is 446 g/mol. The number of carbonyl (C=O) groups is 1. The molecule has 0 spiro atoms. The van der Waals surface area contributed by atoms with E-state index in [-0.39, 0.29) is 35.7 Å². The van der Waals surface area contributed by atoms with Gasteiger partial charge in [-0.1, -0.05) is 37.8 Å². The molecule has 0 saturated heterocycles. The van der Waals surface area contributed by atoms with Crippen LogP contribution in [-0.4, -0.2) is 29.2 Å². The molecule has 1 unspecified atom stereocenters. The summed E-state index contributed by atoms with van der Waals surface area (Å²) in [4.78, 5) is 25.3. The molecule has 7 heteroatoms. The highest BCUT2D eigenvalue weighted by molar-refractivity contribution is 7.90. The number of benzene rings is 2. The van der Waals surface area contributed by atoms with Gasteiger partial charge in [-0.05, 0) is 53.5 Å². The van der Waals surface area contributed by atoms with Gasteiger partial charge in [-0.3, -0.25) is 19.7 Å². The van der Waals surface area contributed by atoms with Crippen molar-refractivity contribution in [2.24, 2.45) is 5.92 Å². The van der Waals surface area contributed by atoms with Crippen molar-refractivity contribution in [1.29, 1.82) is 0 Å². The predicted octanol–water partition coefficient (Wildman–Crippen LogP) is 4.86. The van der Waals surface area contributed by atoms with E-state index in [1.165, 1.54) is 18.6 Å². The van der Waals surface area contributed by atoms with Gasteiger partial charge in [0.05, 0.1) is 16.3 Å². The van der Waals surface area contributed by atoms with Crippen LogP contribution in [0.5, 0.6) is 0 Å². The number of nitrogens with zero attached hydrogens (tertiary/aromatic N) is 3. The lowest BCUT2D eigenvalue weighted by Crippen LogP contribution is -2.07. The van der Waals surface area contributed by atoms with E-state index in [0.717, 1.165) is 33.9 Å². The Balaban J connectivity index is 0.00000274. The molecule has 174 valence electrons. The summed E-state index contributed by atoms with van der Waals surface area (Å²) in [5.74, 6) is 0.179. The van der Waals surface area contributed by atoms with E-state index in [4.69, 9.17) is 0 Å². The second-order valence-corrected chi connectivity index (χ2v) is 10.6. The number of carbonyl (C=O) groups excluding carboxylic acids is 1. The summed E-state index contributed by atoms with van der Waals surface area (Å²) in [5.41, 5.74) is 3.53. The number of pyridine rings is 1. The van der Waals surface area contributed by atoms with Crippen LogP contribution in [0.2, 0.25) is 0 Å². The average molecular weight is 474 g/mol. The summed E-state index contributed by atoms with van der Waals surface area (Å²) >= 11 is 0. The highest BCUT2D eigenvalue weighted by Crippen LogP contribution is 2.48. The summed E-state index contributed by atoms with van der Waals surface area (Å²) < 4.78 is 25.3. The van der Waals surface area contributed by atoms with Crippen LogP contribution < -0.4 is 0 Å². The standard InChI is InChI=1S/C26H23N3O3S.CH4/c1-17-13-28-14-20-3-2-18(10-23(17)20)11-26(30)25-12-24(25)19-4-6-22(7-5-19)33(31,32)16-21-15-27-8-9-29-21;/h2-10,13-15,24-25H,11-12,16H2,1H3;1H4/t24?,25-;/m1./s1. The third-order valence-electron chi connectivity index (χ3n) is 6.23. The monoisotopic (exact) mass is 473 g/mol. The van der Waals surface area contributed by atoms with Crippen molar-refractivity contribution in [3.63, 3.8) is 0 Å². The van der Waals surface area contributed by atoms with Gasteiger partial charge in [-0.15, -0.1) is 0 Å². The third kappa shape index (κ3) is 4.89. The molecule has 2 heterocycles. The predicted molar refractivity (Wildman–Crippen MR) is 132 cm³/mol. The Kier molecular flexibility index (Phi) is 6.57. The molecule has 0 bridgehead atoms. The summed E-state index contributed by atoms with van der Waals surface area (Å²) in [5, 5.41) is 2.20. The number of Topliss-reactive ketones (excluding diaryl/α,β-unsaturated/α-hetero) is 1. The minimum absolute atomic E-state index is 0. The Morgan fingerprint density at radius 3 is 2.53 bits per heavy atom. The fourth-order valence-electron chi connectivity index (χ4n) is 4.32. The number of fused-ring (bicyclic) bond motifs is 1. The molecule has 0 N–H and O–H groups in total. The van der Waals surface area contributed by atoms with E-state index in [1.54, 1.807) is 12.1 Å². The van der Waals surface area contributed by atoms with Gasteiger partial charge in [-0.25, -0.2) is 8.42 Å². The fraction of sp³-hybridized carbons (Fsp3) is 0.259. The topological polar surface area (TPSA) is 89.9 Å². The number of ketones is 1. The van der Waals surface area contributed by atoms with Crippen molar-refractivity contribution in [3.05, 3.63) is 95.8 Å². The third-order valence-corrected chi connectivity index (χ3v) is 7.89. The van der Waals surface area contributed by atoms with Crippen molar-refractivity contribution in [1.82, 2.24) is 15.0 Å². The maximum Gasteiger partial charge on any atom is 0.184 e. The molecule has 1 fully saturated rings. The van der Waals surface area contributed by atoms with E-state index in [0.29, 0.717) is 12.1 Å². The Morgan fingerprint density at radius 2 is 1.79 bits per heavy atom. The van der Waals surface area contributed by atoms with Crippen molar-refractivity contribution in [2.45, 2.75) is 43.8 Å². The summed E-state index contributed by atoms with van der Waals surface area (Å²) in [7, 11) is -3.50. The lowest BCUT2D eigenvalue weighted by molar-refractivity contribution is -0.119. The molecule has 1 aliphatic carbocycles. The van der Waals surface area contributed by atoms with Crippen LogP contribution in [0.25, 0.3) is 10.8 Å². The van der Waals surface area contributed by atoms with Crippen molar-refractivity contribution in [2.75, 3.05) is 0 Å². The molecule has 34 heavy (non-hydrogen) atoms. The number of aryl methyl sites for hydroxylation is 1. The fourth-order valence-corrected chi connectivity index (χ4v) is 5.58. The largest absolute Gasteiger partial charge is 0.299 e. The average Bonchev–Trinajstić information content (AvgIpc) is 3.61. The molecule has 5 rings (SSSR count). The van der Waals surface area contributed by atoms with E-state index in [9.17, 15) is 13.2 Å². The number of hydrogen-bond acceptors (Lipinski definition) is 6. The first kappa shape index (κ1) is 23.7. The number of hydrogen-bond donors (Lipinski definition) is 0. The lowest BCUT2D eigenvalue weighted by Gasteiger charge is -2.07. The van der Waals surface area contributed by atoms with E-state index in [2.05, 4.69) is 21.0 Å². The molecule has 2 aromatic heterocycles. The second-order valence-electron chi connectivity index (χ2n) is 8.63. The Labute approximate surface area is 200 Å². The zero-order chi connectivity index (χ0) is 23.0. The van der Waals surface area contributed by atoms with Crippen molar-refractivity contribution < 1.29 is 13.2 Å². The maximum atomic E-state index is 12.9. The molecule has 2 aromatic carbocycles. The van der Waals surface area contributed by atoms with Gasteiger partial charge in [0, 0.05) is 48.7 Å². The van der Waals surface area contributed by atoms with Crippen LogP contribution in [0, 0.1) is 12.8 Å². The summed E-state index contributed by atoms with van der Waals surface area (Å²) in [6.45, 7) is 2.02. The highest BCUT2D eigenvalue weighted by atomic mass is 32.2. The van der Waals surface area contributed by atoms with Crippen molar-refractivity contribution in [3.8, 4) is 0 Å². The molecule has 1 saturated carbocycles. The molecule has 2 atom stereocenters. The van der Waals surface area contributed by atoms with E-state index < -0.39 is 9.84 Å². The highest BCUT2D eigenvalue weighted by Gasteiger charge is 2.43. The zero-order valence-electron chi connectivity index (χ0n) is 18.2. The zero-order valence-corrected chi connectivity index (χ0v) is 19.0. The molecule has 0 amide bonds. The van der Waals surface area contributed by atoms with Crippen molar-refractivity contribution >= 4 is 26.4 Å². The molecule has 6 nitrogen and oxygen atoms in total. The first-order valence-corrected chi connectivity index (χ1v) is 12.5. The van der Waals surface area contributed by atoms with Crippen LogP contribution in [0.3, 0.4) is 0 Å². The Morgan fingerprint density at radius 1 is 1.00 bits per heavy atom. The molecule has 0 radical (unpaired) electrons. The van der Waals surface area contributed by atoms with Crippen LogP contribution in [-0.2, 0) is 26.8 Å². The maximum absolute atomic E-state index is 12.9. The molecule has 1 aliphatic rings. The lowest BCUT2D eigenvalue weighted by atomic mass is 9.99. The van der Waals surface area contributed by atoms with Gasteiger partial charge >= 0.3 is 0 Å². The molecule has 0 aliphatic heterocycles. The van der Waals surface area contributed by atoms with Gasteiger partial charge in [0.2, 0.25) is 0 Å². The second kappa shape index (κ2) is 9.43. The van der Waals surface area contributed by atoms with Gasteiger partial charge < -0.3 is 0 Å². The smallest absolute Gasteiger partial charge is 0.184 e. The summed E-state index contributed by atoms with van der Waals surface area (Å²) in [6.07, 6.45) is 9.33. The number of aromatic nitrogens is 3. The van der Waals surface area contributed by atoms with Crippen LogP contribution in [0.1, 0.15) is 42.1 Å². The summed E-state index contributed by atoms with van der Waals surface area (Å²) in [6, 6.07) is 13.0. The van der Waals surface area contributed by atoms with Crippen LogP contribution in [0.4, 0.5) is 0 Å². The van der Waals surface area contributed by atoms with E-state index in [1.807, 2.05) is 43.6 Å². The number of sulfone groups is 1.